The van der Waals surface area contributed by atoms with Gasteiger partial charge in [0, 0.05) is 0 Å². The summed E-state index contributed by atoms with van der Waals surface area (Å²) in [6.45, 7) is -0.169. The molecular formula is C13H18N2O4. The Morgan fingerprint density at radius 3 is 2.37 bits per heavy atom. The minimum atomic E-state index is -0.537. The van der Waals surface area contributed by atoms with Crippen LogP contribution in [-0.4, -0.2) is 49.6 Å². The average Bonchev–Trinajstić information content (AvgIpc) is 2.38. The molecule has 0 heterocycles. The monoisotopic (exact) mass is 266 g/mol. The number of rotatable bonds is 5. The number of carbonyl (C=O) groups is 2. The van der Waals surface area contributed by atoms with Crippen LogP contribution in [0.1, 0.15) is 11.6 Å². The molecule has 1 aromatic rings. The van der Waals surface area contributed by atoms with Crippen molar-refractivity contribution < 1.29 is 19.4 Å². The van der Waals surface area contributed by atoms with Gasteiger partial charge in [-0.2, -0.15) is 0 Å². The maximum atomic E-state index is 12.1. The van der Waals surface area contributed by atoms with Gasteiger partial charge in [0.2, 0.25) is 5.91 Å². The first-order valence-corrected chi connectivity index (χ1v) is 5.75. The van der Waals surface area contributed by atoms with Crippen LogP contribution >= 0.6 is 0 Å². The van der Waals surface area contributed by atoms with Crippen molar-refractivity contribution in [1.82, 2.24) is 10.2 Å². The van der Waals surface area contributed by atoms with Crippen molar-refractivity contribution in [3.05, 3.63) is 29.8 Å². The van der Waals surface area contributed by atoms with E-state index in [2.05, 4.69) is 10.1 Å². The van der Waals surface area contributed by atoms with Crippen LogP contribution in [0.15, 0.2) is 24.3 Å². The van der Waals surface area contributed by atoms with E-state index in [4.69, 9.17) is 0 Å². The van der Waals surface area contributed by atoms with Crippen molar-refractivity contribution in [3.63, 3.8) is 0 Å². The molecule has 6 heteroatoms. The molecule has 0 saturated carbocycles. The van der Waals surface area contributed by atoms with Crippen molar-refractivity contribution >= 4 is 11.9 Å². The number of hydrogen-bond donors (Lipinski definition) is 2. The van der Waals surface area contributed by atoms with Crippen molar-refractivity contribution in [2.24, 2.45) is 0 Å². The molecule has 0 radical (unpaired) electrons. The number of esters is 1. The number of nitrogens with zero attached hydrogens (tertiary/aromatic N) is 1. The number of phenols is 1. The molecule has 0 unspecified atom stereocenters. The standard InChI is InChI=1S/C13H18N2O4/c1-15(2)12(9-4-6-10(16)7-5-9)13(18)14-8-11(17)19-3/h4-7,12,16H,8H2,1-3H3,(H,14,18)/t12-/m0/s1. The highest BCUT2D eigenvalue weighted by Gasteiger charge is 2.23. The van der Waals surface area contributed by atoms with Crippen molar-refractivity contribution in [2.45, 2.75) is 6.04 Å². The number of nitrogens with one attached hydrogen (secondary N) is 1. The molecule has 2 N–H and O–H groups in total. The van der Waals surface area contributed by atoms with Gasteiger partial charge in [-0.15, -0.1) is 0 Å². The summed E-state index contributed by atoms with van der Waals surface area (Å²) >= 11 is 0. The molecule has 1 rings (SSSR count). The zero-order valence-electron chi connectivity index (χ0n) is 11.2. The Hall–Kier alpha value is -2.08. The van der Waals surface area contributed by atoms with E-state index in [0.29, 0.717) is 0 Å². The topological polar surface area (TPSA) is 78.9 Å². The number of benzene rings is 1. The zero-order valence-corrected chi connectivity index (χ0v) is 11.2. The molecule has 0 aliphatic heterocycles. The molecule has 0 aromatic heterocycles. The van der Waals surface area contributed by atoms with Gasteiger partial charge in [0.15, 0.2) is 0 Å². The van der Waals surface area contributed by atoms with Crippen LogP contribution in [0, 0.1) is 0 Å². The Bertz CT molecular complexity index is 442. The molecule has 1 amide bonds. The van der Waals surface area contributed by atoms with Crippen molar-refractivity contribution in [1.29, 1.82) is 0 Å². The average molecular weight is 266 g/mol. The molecule has 104 valence electrons. The third-order valence-corrected chi connectivity index (χ3v) is 2.61. The van der Waals surface area contributed by atoms with Gasteiger partial charge in [0.25, 0.3) is 0 Å². The summed E-state index contributed by atoms with van der Waals surface area (Å²) in [6, 6.07) is 5.82. The van der Waals surface area contributed by atoms with E-state index in [-0.39, 0.29) is 18.2 Å². The maximum absolute atomic E-state index is 12.1. The van der Waals surface area contributed by atoms with E-state index in [1.165, 1.54) is 19.2 Å². The summed E-state index contributed by atoms with van der Waals surface area (Å²) in [5, 5.41) is 11.8. The highest BCUT2D eigenvalue weighted by Crippen LogP contribution is 2.20. The summed E-state index contributed by atoms with van der Waals surface area (Å²) < 4.78 is 4.46. The summed E-state index contributed by atoms with van der Waals surface area (Å²) in [6.07, 6.45) is 0. The zero-order chi connectivity index (χ0) is 14.4. The van der Waals surface area contributed by atoms with Gasteiger partial charge in [-0.05, 0) is 31.8 Å². The van der Waals surface area contributed by atoms with Crippen LogP contribution in [-0.2, 0) is 14.3 Å². The number of methoxy groups -OCH3 is 1. The quantitative estimate of drug-likeness (QED) is 0.749. The lowest BCUT2D eigenvalue weighted by Crippen LogP contribution is -2.39. The Labute approximate surface area is 112 Å². The molecular weight excluding hydrogens is 248 g/mol. The second-order valence-electron chi connectivity index (χ2n) is 4.25. The number of amides is 1. The van der Waals surface area contributed by atoms with Crippen molar-refractivity contribution in [2.75, 3.05) is 27.7 Å². The largest absolute Gasteiger partial charge is 0.508 e. The molecule has 0 aliphatic carbocycles. The number of hydrogen-bond acceptors (Lipinski definition) is 5. The van der Waals surface area contributed by atoms with E-state index < -0.39 is 12.0 Å². The van der Waals surface area contributed by atoms with E-state index >= 15 is 0 Å². The summed E-state index contributed by atoms with van der Waals surface area (Å²) in [7, 11) is 4.78. The fourth-order valence-corrected chi connectivity index (χ4v) is 1.67. The number of ether oxygens (including phenoxy) is 1. The molecule has 6 nitrogen and oxygen atoms in total. The summed E-state index contributed by atoms with van der Waals surface area (Å²) in [5.74, 6) is -0.672. The third kappa shape index (κ3) is 4.26. The normalized spacial score (nSPS) is 12.0. The number of phenolic OH excluding ortho intramolecular Hbond substituents is 1. The first-order chi connectivity index (χ1) is 8.95. The molecule has 0 spiro atoms. The highest BCUT2D eigenvalue weighted by molar-refractivity contribution is 5.86. The molecule has 0 fully saturated rings. The predicted octanol–water partition coefficient (Wildman–Crippen LogP) is 0.284. The van der Waals surface area contributed by atoms with Gasteiger partial charge in [-0.1, -0.05) is 12.1 Å². The second kappa shape index (κ2) is 6.75. The van der Waals surface area contributed by atoms with E-state index in [0.717, 1.165) is 5.56 Å². The number of likely N-dealkylation sites (N-methyl/N-ethyl adjacent to an activating group) is 1. The van der Waals surface area contributed by atoms with Gasteiger partial charge < -0.3 is 15.2 Å². The van der Waals surface area contributed by atoms with Gasteiger partial charge in [-0.25, -0.2) is 0 Å². The molecule has 0 saturated heterocycles. The Balaban J connectivity index is 2.80. The first-order valence-electron chi connectivity index (χ1n) is 5.75. The fraction of sp³-hybridized carbons (Fsp3) is 0.385. The molecule has 0 aliphatic rings. The summed E-state index contributed by atoms with van der Waals surface area (Å²) in [5.41, 5.74) is 0.727. The smallest absolute Gasteiger partial charge is 0.325 e. The van der Waals surface area contributed by atoms with Crippen molar-refractivity contribution in [3.8, 4) is 5.75 Å². The third-order valence-electron chi connectivity index (χ3n) is 2.61. The Morgan fingerprint density at radius 1 is 1.32 bits per heavy atom. The van der Waals surface area contributed by atoms with Gasteiger partial charge in [0.1, 0.15) is 18.3 Å². The molecule has 0 bridgehead atoms. The first kappa shape index (κ1) is 15.0. The Morgan fingerprint density at radius 2 is 1.89 bits per heavy atom. The van der Waals surface area contributed by atoms with Gasteiger partial charge in [-0.3, -0.25) is 14.5 Å². The lowest BCUT2D eigenvalue weighted by molar-refractivity contribution is -0.141. The van der Waals surface area contributed by atoms with Crippen LogP contribution < -0.4 is 5.32 Å². The van der Waals surface area contributed by atoms with Crippen LogP contribution in [0.4, 0.5) is 0 Å². The van der Waals surface area contributed by atoms with E-state index in [1.54, 1.807) is 31.1 Å². The van der Waals surface area contributed by atoms with Crippen LogP contribution in [0.3, 0.4) is 0 Å². The Kier molecular flexibility index (Phi) is 5.32. The highest BCUT2D eigenvalue weighted by atomic mass is 16.5. The number of carbonyl (C=O) groups excluding carboxylic acids is 2. The fourth-order valence-electron chi connectivity index (χ4n) is 1.67. The summed E-state index contributed by atoms with van der Waals surface area (Å²) in [4.78, 5) is 24.8. The minimum absolute atomic E-state index is 0.135. The van der Waals surface area contributed by atoms with Gasteiger partial charge >= 0.3 is 5.97 Å². The lowest BCUT2D eigenvalue weighted by Gasteiger charge is -2.23. The molecule has 1 atom stereocenters. The van der Waals surface area contributed by atoms with Gasteiger partial charge in [0.05, 0.1) is 7.11 Å². The van der Waals surface area contributed by atoms with E-state index in [9.17, 15) is 14.7 Å². The maximum Gasteiger partial charge on any atom is 0.325 e. The van der Waals surface area contributed by atoms with Crippen LogP contribution in [0.5, 0.6) is 5.75 Å². The van der Waals surface area contributed by atoms with E-state index in [1.807, 2.05) is 0 Å². The predicted molar refractivity (Wildman–Crippen MR) is 69.6 cm³/mol. The van der Waals surface area contributed by atoms with Crippen LogP contribution in [0.25, 0.3) is 0 Å². The van der Waals surface area contributed by atoms with Crippen LogP contribution in [0.2, 0.25) is 0 Å². The lowest BCUT2D eigenvalue weighted by atomic mass is 10.1. The minimum Gasteiger partial charge on any atom is -0.508 e. The second-order valence-corrected chi connectivity index (χ2v) is 4.25. The number of aromatic hydroxyl groups is 1. The molecule has 19 heavy (non-hydrogen) atoms. The molecule has 1 aromatic carbocycles. The SMILES string of the molecule is COC(=O)CNC(=O)[C@H](c1ccc(O)cc1)N(C)C.